The average molecular weight is 258 g/mol. The van der Waals surface area contributed by atoms with E-state index in [0.29, 0.717) is 11.1 Å². The van der Waals surface area contributed by atoms with Gasteiger partial charge in [0.05, 0.1) is 0 Å². The quantitative estimate of drug-likeness (QED) is 0.768. The van der Waals surface area contributed by atoms with Gasteiger partial charge in [-0.25, -0.2) is 14.4 Å². The molecule has 0 N–H and O–H groups in total. The van der Waals surface area contributed by atoms with Gasteiger partial charge in [-0.15, -0.1) is 0 Å². The Bertz CT molecular complexity index is 700. The highest BCUT2D eigenvalue weighted by Gasteiger charge is 2.31. The number of Topliss-reactive ketones (excluding diaryl/α,β-unsaturated/α-hetero) is 2. The van der Waals surface area contributed by atoms with Crippen molar-refractivity contribution in [2.45, 2.75) is 0 Å². The standard InChI is InChI=1S/C13H7FN2O3/c14-5-19-7-1-2-8-9(3-7)10-4-15-6-16-11(10)13(18)12(8)17/h1-4,6H,5H2. The fourth-order valence-electron chi connectivity index (χ4n) is 2.03. The highest BCUT2D eigenvalue weighted by Crippen LogP contribution is 2.34. The Hall–Kier alpha value is -2.63. The molecule has 1 aliphatic carbocycles. The van der Waals surface area contributed by atoms with Gasteiger partial charge in [-0.2, -0.15) is 0 Å². The third kappa shape index (κ3) is 1.69. The van der Waals surface area contributed by atoms with Crippen LogP contribution < -0.4 is 4.74 Å². The van der Waals surface area contributed by atoms with Gasteiger partial charge in [-0.1, -0.05) is 0 Å². The van der Waals surface area contributed by atoms with Gasteiger partial charge in [0.1, 0.15) is 17.8 Å². The van der Waals surface area contributed by atoms with Gasteiger partial charge in [0.2, 0.25) is 12.6 Å². The van der Waals surface area contributed by atoms with E-state index >= 15 is 0 Å². The maximum atomic E-state index is 12.2. The zero-order valence-corrected chi connectivity index (χ0v) is 9.59. The van der Waals surface area contributed by atoms with E-state index in [2.05, 4.69) is 9.97 Å². The van der Waals surface area contributed by atoms with Crippen molar-refractivity contribution in [2.24, 2.45) is 0 Å². The molecule has 2 aromatic rings. The Morgan fingerprint density at radius 3 is 2.74 bits per heavy atom. The van der Waals surface area contributed by atoms with Crippen molar-refractivity contribution in [1.82, 2.24) is 9.97 Å². The zero-order chi connectivity index (χ0) is 13.4. The lowest BCUT2D eigenvalue weighted by Gasteiger charge is -2.16. The van der Waals surface area contributed by atoms with Gasteiger partial charge < -0.3 is 4.74 Å². The Morgan fingerprint density at radius 2 is 1.95 bits per heavy atom. The van der Waals surface area contributed by atoms with Crippen LogP contribution in [0.2, 0.25) is 0 Å². The van der Waals surface area contributed by atoms with Crippen LogP contribution in [0.25, 0.3) is 11.1 Å². The monoisotopic (exact) mass is 258 g/mol. The first-order valence-electron chi connectivity index (χ1n) is 5.44. The fourth-order valence-corrected chi connectivity index (χ4v) is 2.03. The molecule has 0 amide bonds. The van der Waals surface area contributed by atoms with E-state index in [1.165, 1.54) is 30.7 Å². The van der Waals surface area contributed by atoms with Crippen LogP contribution in [0.1, 0.15) is 20.8 Å². The molecule has 1 aliphatic rings. The van der Waals surface area contributed by atoms with Gasteiger partial charge in [0.15, 0.2) is 0 Å². The first-order chi connectivity index (χ1) is 9.22. The SMILES string of the molecule is O=C1C(=O)c2ncncc2-c2cc(OCF)ccc21. The second-order valence-electron chi connectivity index (χ2n) is 3.90. The highest BCUT2D eigenvalue weighted by molar-refractivity contribution is 6.52. The summed E-state index contributed by atoms with van der Waals surface area (Å²) in [6, 6.07) is 4.39. The molecule has 6 heteroatoms. The molecule has 0 fully saturated rings. The van der Waals surface area contributed by atoms with E-state index in [1.807, 2.05) is 0 Å². The Labute approximate surface area is 107 Å². The number of rotatable bonds is 2. The lowest BCUT2D eigenvalue weighted by molar-refractivity contribution is 0.0812. The van der Waals surface area contributed by atoms with E-state index < -0.39 is 18.4 Å². The number of carbonyl (C=O) groups is 2. The number of fused-ring (bicyclic) bond motifs is 3. The summed E-state index contributed by atoms with van der Waals surface area (Å²) < 4.78 is 16.9. The first-order valence-corrected chi connectivity index (χ1v) is 5.44. The normalized spacial score (nSPS) is 12.9. The predicted molar refractivity (Wildman–Crippen MR) is 62.7 cm³/mol. The van der Waals surface area contributed by atoms with Crippen molar-refractivity contribution in [1.29, 1.82) is 0 Å². The Morgan fingerprint density at radius 1 is 1.11 bits per heavy atom. The molecule has 0 atom stereocenters. The van der Waals surface area contributed by atoms with Crippen LogP contribution in [-0.2, 0) is 0 Å². The van der Waals surface area contributed by atoms with E-state index in [9.17, 15) is 14.0 Å². The number of hydrogen-bond donors (Lipinski definition) is 0. The van der Waals surface area contributed by atoms with Crippen LogP contribution in [0.5, 0.6) is 5.75 Å². The number of hydrogen-bond acceptors (Lipinski definition) is 5. The maximum Gasteiger partial charge on any atom is 0.252 e. The third-order valence-electron chi connectivity index (χ3n) is 2.88. The maximum absolute atomic E-state index is 12.2. The summed E-state index contributed by atoms with van der Waals surface area (Å²) in [5.41, 5.74) is 1.24. The molecule has 19 heavy (non-hydrogen) atoms. The van der Waals surface area contributed by atoms with Gasteiger partial charge in [-0.3, -0.25) is 9.59 Å². The Kier molecular flexibility index (Phi) is 2.56. The number of ketones is 2. The molecule has 0 unspecified atom stereocenters. The molecule has 1 aromatic heterocycles. The molecule has 3 rings (SSSR count). The first kappa shape index (κ1) is 11.5. The third-order valence-corrected chi connectivity index (χ3v) is 2.88. The Balaban J connectivity index is 2.26. The van der Waals surface area contributed by atoms with Crippen molar-refractivity contribution in [3.8, 4) is 16.9 Å². The lowest BCUT2D eigenvalue weighted by atomic mass is 9.87. The largest absolute Gasteiger partial charge is 0.463 e. The van der Waals surface area contributed by atoms with Gasteiger partial charge in [-0.05, 0) is 18.2 Å². The zero-order valence-electron chi connectivity index (χ0n) is 9.59. The summed E-state index contributed by atoms with van der Waals surface area (Å²) in [7, 11) is 0. The second kappa shape index (κ2) is 4.24. The molecule has 1 aromatic carbocycles. The number of ether oxygens (including phenoxy) is 1. The summed E-state index contributed by atoms with van der Waals surface area (Å²) in [5.74, 6) is -1.02. The van der Waals surface area contributed by atoms with Crippen LogP contribution in [0.3, 0.4) is 0 Å². The molecule has 0 radical (unpaired) electrons. The average Bonchev–Trinajstić information content (AvgIpc) is 2.45. The molecule has 0 spiro atoms. The van der Waals surface area contributed by atoms with Crippen LogP contribution in [0.4, 0.5) is 4.39 Å². The number of carbonyl (C=O) groups excluding carboxylic acids is 2. The summed E-state index contributed by atoms with van der Waals surface area (Å²) in [6.45, 7) is -0.968. The number of halogens is 1. The van der Waals surface area contributed by atoms with Gasteiger partial charge >= 0.3 is 0 Å². The van der Waals surface area contributed by atoms with Gasteiger partial charge in [0.25, 0.3) is 5.78 Å². The predicted octanol–water partition coefficient (Wildman–Crippen LogP) is 1.83. The smallest absolute Gasteiger partial charge is 0.252 e. The minimum Gasteiger partial charge on any atom is -0.463 e. The van der Waals surface area contributed by atoms with Crippen molar-refractivity contribution in [2.75, 3.05) is 6.86 Å². The van der Waals surface area contributed by atoms with Crippen LogP contribution in [0, 0.1) is 0 Å². The van der Waals surface area contributed by atoms with Crippen molar-refractivity contribution >= 4 is 11.6 Å². The van der Waals surface area contributed by atoms with Crippen molar-refractivity contribution in [3.63, 3.8) is 0 Å². The number of alkyl halides is 1. The van der Waals surface area contributed by atoms with Crippen LogP contribution in [0.15, 0.2) is 30.7 Å². The summed E-state index contributed by atoms with van der Waals surface area (Å²) in [4.78, 5) is 31.5. The minimum absolute atomic E-state index is 0.0601. The number of nitrogens with zero attached hydrogens (tertiary/aromatic N) is 2. The molecule has 0 bridgehead atoms. The molecule has 0 aliphatic heterocycles. The number of aromatic nitrogens is 2. The molecule has 5 nitrogen and oxygen atoms in total. The molecule has 0 saturated heterocycles. The molecular formula is C13H7FN2O3. The molecule has 94 valence electrons. The second-order valence-corrected chi connectivity index (χ2v) is 3.90. The van der Waals surface area contributed by atoms with E-state index in [-0.39, 0.29) is 17.0 Å². The summed E-state index contributed by atoms with van der Waals surface area (Å²) in [5, 5.41) is 0. The molecule has 1 heterocycles. The van der Waals surface area contributed by atoms with Crippen molar-refractivity contribution < 1.29 is 18.7 Å². The molecule has 0 saturated carbocycles. The van der Waals surface area contributed by atoms with Crippen molar-refractivity contribution in [3.05, 3.63) is 42.0 Å². The topological polar surface area (TPSA) is 69.2 Å². The van der Waals surface area contributed by atoms with Gasteiger partial charge in [0, 0.05) is 22.9 Å². The number of benzene rings is 1. The summed E-state index contributed by atoms with van der Waals surface area (Å²) >= 11 is 0. The fraction of sp³-hybridized carbons (Fsp3) is 0.0769. The van der Waals surface area contributed by atoms with Crippen LogP contribution in [-0.4, -0.2) is 28.4 Å². The van der Waals surface area contributed by atoms with E-state index in [1.54, 1.807) is 0 Å². The van der Waals surface area contributed by atoms with E-state index in [4.69, 9.17) is 4.74 Å². The van der Waals surface area contributed by atoms with E-state index in [0.717, 1.165) is 0 Å². The molecular weight excluding hydrogens is 251 g/mol. The van der Waals surface area contributed by atoms with Crippen LogP contribution >= 0.6 is 0 Å². The minimum atomic E-state index is -0.968. The highest BCUT2D eigenvalue weighted by atomic mass is 19.1. The summed E-state index contributed by atoms with van der Waals surface area (Å²) in [6.07, 6.45) is 2.65. The lowest BCUT2D eigenvalue weighted by Crippen LogP contribution is -2.22.